The van der Waals surface area contributed by atoms with E-state index in [0.29, 0.717) is 5.56 Å². The lowest BCUT2D eigenvalue weighted by atomic mass is 10.1. The summed E-state index contributed by atoms with van der Waals surface area (Å²) in [6, 6.07) is 7.28. The maximum Gasteiger partial charge on any atom is 0.306 e. The van der Waals surface area contributed by atoms with Crippen LogP contribution in [-0.4, -0.2) is 21.2 Å². The maximum atomic E-state index is 10.4. The number of H-pyrrole nitrogens is 1. The number of aromatic nitrogens is 1. The Morgan fingerprint density at radius 3 is 2.93 bits per heavy atom. The van der Waals surface area contributed by atoms with E-state index in [0.717, 1.165) is 10.9 Å². The van der Waals surface area contributed by atoms with Gasteiger partial charge < -0.3 is 15.2 Å². The molecular formula is C11H11NO3. The Balaban J connectivity index is 2.30. The summed E-state index contributed by atoms with van der Waals surface area (Å²) >= 11 is 0. The third-order valence-electron chi connectivity index (χ3n) is 2.33. The number of carbonyl (C=O) groups is 1. The summed E-state index contributed by atoms with van der Waals surface area (Å²) in [5.41, 5.74) is 1.52. The predicted octanol–water partition coefficient (Wildman–Crippen LogP) is 1.68. The van der Waals surface area contributed by atoms with Gasteiger partial charge in [-0.25, -0.2) is 0 Å². The van der Waals surface area contributed by atoms with Crippen LogP contribution in [0.4, 0.5) is 0 Å². The number of aliphatic carboxylic acids is 1. The van der Waals surface area contributed by atoms with Crippen molar-refractivity contribution < 1.29 is 15.0 Å². The predicted molar refractivity (Wildman–Crippen MR) is 55.5 cm³/mol. The molecule has 1 aromatic carbocycles. The van der Waals surface area contributed by atoms with E-state index in [-0.39, 0.29) is 6.42 Å². The number of fused-ring (bicyclic) bond motifs is 1. The Kier molecular flexibility index (Phi) is 2.43. The van der Waals surface area contributed by atoms with Crippen molar-refractivity contribution in [1.82, 2.24) is 4.98 Å². The number of rotatable bonds is 3. The lowest BCUT2D eigenvalue weighted by Crippen LogP contribution is -2.05. The summed E-state index contributed by atoms with van der Waals surface area (Å²) in [4.78, 5) is 13.4. The summed E-state index contributed by atoms with van der Waals surface area (Å²) in [6.07, 6.45) is 0.583. The second-order valence-corrected chi connectivity index (χ2v) is 3.44. The topological polar surface area (TPSA) is 73.3 Å². The van der Waals surface area contributed by atoms with E-state index in [2.05, 4.69) is 4.98 Å². The monoisotopic (exact) mass is 205 g/mol. The molecule has 0 aliphatic rings. The molecule has 2 aromatic rings. The first-order valence-corrected chi connectivity index (χ1v) is 4.64. The van der Waals surface area contributed by atoms with Gasteiger partial charge in [0.05, 0.1) is 12.5 Å². The minimum Gasteiger partial charge on any atom is -0.481 e. The van der Waals surface area contributed by atoms with Crippen LogP contribution in [0.2, 0.25) is 0 Å². The third kappa shape index (κ3) is 1.99. The minimum atomic E-state index is -1.01. The molecule has 4 nitrogen and oxygen atoms in total. The maximum absolute atomic E-state index is 10.4. The van der Waals surface area contributed by atoms with Crippen molar-refractivity contribution in [3.63, 3.8) is 0 Å². The average molecular weight is 205 g/mol. The highest BCUT2D eigenvalue weighted by Gasteiger charge is 2.12. The second-order valence-electron chi connectivity index (χ2n) is 3.44. The average Bonchev–Trinajstić information content (AvgIpc) is 2.62. The van der Waals surface area contributed by atoms with Crippen molar-refractivity contribution in [2.45, 2.75) is 12.5 Å². The van der Waals surface area contributed by atoms with Crippen LogP contribution >= 0.6 is 0 Å². The molecule has 0 unspecified atom stereocenters. The first-order chi connectivity index (χ1) is 7.16. The minimum absolute atomic E-state index is 0.272. The van der Waals surface area contributed by atoms with Crippen LogP contribution in [0.25, 0.3) is 10.9 Å². The molecule has 78 valence electrons. The van der Waals surface area contributed by atoms with Crippen LogP contribution in [0.3, 0.4) is 0 Å². The van der Waals surface area contributed by atoms with Crippen molar-refractivity contribution in [2.24, 2.45) is 0 Å². The molecule has 1 heterocycles. The molecule has 0 amide bonds. The molecule has 0 spiro atoms. The highest BCUT2D eigenvalue weighted by molar-refractivity contribution is 5.80. The number of aliphatic hydroxyl groups is 1. The molecule has 2 rings (SSSR count). The summed E-state index contributed by atoms with van der Waals surface area (Å²) in [7, 11) is 0. The number of aliphatic hydroxyl groups excluding tert-OH is 1. The number of aromatic amines is 1. The van der Waals surface area contributed by atoms with E-state index < -0.39 is 12.1 Å². The lowest BCUT2D eigenvalue weighted by Gasteiger charge is -2.07. The summed E-state index contributed by atoms with van der Waals surface area (Å²) in [6.45, 7) is 0. The molecule has 0 saturated carbocycles. The number of carboxylic acids is 1. The van der Waals surface area contributed by atoms with Gasteiger partial charge in [0.1, 0.15) is 0 Å². The van der Waals surface area contributed by atoms with Crippen LogP contribution in [0.5, 0.6) is 0 Å². The van der Waals surface area contributed by atoms with Crippen molar-refractivity contribution in [1.29, 1.82) is 0 Å². The van der Waals surface area contributed by atoms with E-state index >= 15 is 0 Å². The van der Waals surface area contributed by atoms with Gasteiger partial charge in [0.15, 0.2) is 0 Å². The Bertz CT molecular complexity index is 489. The molecule has 1 atom stereocenters. The zero-order valence-electron chi connectivity index (χ0n) is 7.97. The summed E-state index contributed by atoms with van der Waals surface area (Å²) in [5, 5.41) is 19.2. The highest BCUT2D eigenvalue weighted by atomic mass is 16.4. The molecule has 0 saturated heterocycles. The smallest absolute Gasteiger partial charge is 0.306 e. The number of hydrogen-bond acceptors (Lipinski definition) is 2. The van der Waals surface area contributed by atoms with Crippen molar-refractivity contribution in [2.75, 3.05) is 0 Å². The second kappa shape index (κ2) is 3.74. The van der Waals surface area contributed by atoms with Crippen LogP contribution in [0.1, 0.15) is 18.1 Å². The zero-order valence-corrected chi connectivity index (χ0v) is 7.97. The van der Waals surface area contributed by atoms with Gasteiger partial charge in [-0.15, -0.1) is 0 Å². The fourth-order valence-corrected chi connectivity index (χ4v) is 1.56. The molecule has 0 radical (unpaired) electrons. The standard InChI is InChI=1S/C11H11NO3/c13-10(6-11(14)15)8-2-1-7-3-4-12-9(7)5-8/h1-5,10,12-13H,6H2,(H,14,15)/t10-/m0/s1. The van der Waals surface area contributed by atoms with E-state index in [1.165, 1.54) is 0 Å². The Hall–Kier alpha value is -1.81. The van der Waals surface area contributed by atoms with E-state index in [4.69, 9.17) is 5.11 Å². The van der Waals surface area contributed by atoms with Crippen LogP contribution in [-0.2, 0) is 4.79 Å². The van der Waals surface area contributed by atoms with Gasteiger partial charge in [-0.3, -0.25) is 4.79 Å². The van der Waals surface area contributed by atoms with Crippen molar-refractivity contribution in [3.05, 3.63) is 36.0 Å². The lowest BCUT2D eigenvalue weighted by molar-refractivity contribution is -0.139. The summed E-state index contributed by atoms with van der Waals surface area (Å²) < 4.78 is 0. The molecular weight excluding hydrogens is 194 g/mol. The third-order valence-corrected chi connectivity index (χ3v) is 2.33. The van der Waals surface area contributed by atoms with Gasteiger partial charge >= 0.3 is 5.97 Å². The Labute approximate surface area is 86.2 Å². The SMILES string of the molecule is O=C(O)C[C@H](O)c1ccc2cc[nH]c2c1. The van der Waals surface area contributed by atoms with Crippen molar-refractivity contribution >= 4 is 16.9 Å². The van der Waals surface area contributed by atoms with Gasteiger partial charge in [0.25, 0.3) is 0 Å². The fraction of sp³-hybridized carbons (Fsp3) is 0.182. The van der Waals surface area contributed by atoms with Gasteiger partial charge in [0.2, 0.25) is 0 Å². The van der Waals surface area contributed by atoms with E-state index in [9.17, 15) is 9.90 Å². The molecule has 3 N–H and O–H groups in total. The first kappa shape index (κ1) is 9.73. The number of hydrogen-bond donors (Lipinski definition) is 3. The van der Waals surface area contributed by atoms with Crippen LogP contribution in [0.15, 0.2) is 30.5 Å². The Morgan fingerprint density at radius 1 is 1.40 bits per heavy atom. The molecule has 0 fully saturated rings. The number of carboxylic acid groups (broad SMARTS) is 1. The highest BCUT2D eigenvalue weighted by Crippen LogP contribution is 2.21. The molecule has 0 aliphatic heterocycles. The number of benzene rings is 1. The van der Waals surface area contributed by atoms with Crippen molar-refractivity contribution in [3.8, 4) is 0 Å². The summed E-state index contributed by atoms with van der Waals surface area (Å²) in [5.74, 6) is -1.01. The molecule has 4 heteroatoms. The van der Waals surface area contributed by atoms with E-state index in [1.54, 1.807) is 18.3 Å². The number of nitrogens with one attached hydrogen (secondary N) is 1. The van der Waals surface area contributed by atoms with Gasteiger partial charge in [0, 0.05) is 11.7 Å². The zero-order chi connectivity index (χ0) is 10.8. The fourth-order valence-electron chi connectivity index (χ4n) is 1.56. The van der Waals surface area contributed by atoms with Gasteiger partial charge in [-0.05, 0) is 23.1 Å². The molecule has 0 bridgehead atoms. The molecule has 1 aromatic heterocycles. The van der Waals surface area contributed by atoms with Crippen LogP contribution in [0, 0.1) is 0 Å². The van der Waals surface area contributed by atoms with Crippen LogP contribution < -0.4 is 0 Å². The molecule has 15 heavy (non-hydrogen) atoms. The normalized spacial score (nSPS) is 12.9. The largest absolute Gasteiger partial charge is 0.481 e. The quantitative estimate of drug-likeness (QED) is 0.713. The van der Waals surface area contributed by atoms with E-state index in [1.807, 2.05) is 12.1 Å². The first-order valence-electron chi connectivity index (χ1n) is 4.64. The van der Waals surface area contributed by atoms with Gasteiger partial charge in [-0.1, -0.05) is 12.1 Å². The van der Waals surface area contributed by atoms with Gasteiger partial charge in [-0.2, -0.15) is 0 Å². The Morgan fingerprint density at radius 2 is 2.20 bits per heavy atom. The molecule has 0 aliphatic carbocycles.